The van der Waals surface area contributed by atoms with Gasteiger partial charge in [-0.15, -0.1) is 9.32 Å². The third-order valence-corrected chi connectivity index (χ3v) is 6.09. The summed E-state index contributed by atoms with van der Waals surface area (Å²) in [6.07, 6.45) is 2.85. The highest BCUT2D eigenvalue weighted by Gasteiger charge is 2.15. The summed E-state index contributed by atoms with van der Waals surface area (Å²) in [4.78, 5) is 16.6. The molecule has 1 aliphatic rings. The average Bonchev–Trinajstić information content (AvgIpc) is 3.40. The minimum Gasteiger partial charge on any atom is -0.497 e. The zero-order chi connectivity index (χ0) is 25.9. The molecule has 0 bridgehead atoms. The van der Waals surface area contributed by atoms with Crippen molar-refractivity contribution in [3.63, 3.8) is 0 Å². The molecule has 0 saturated heterocycles. The van der Waals surface area contributed by atoms with E-state index in [1.54, 1.807) is 36.1 Å². The topological polar surface area (TPSA) is 92.3 Å². The summed E-state index contributed by atoms with van der Waals surface area (Å²) in [7, 11) is 4.62. The van der Waals surface area contributed by atoms with Crippen LogP contribution in [-0.4, -0.2) is 56.3 Å². The number of aliphatic hydroxyl groups is 1. The second kappa shape index (κ2) is 19.2. The molecule has 3 N–H and O–H groups in total. The molecule has 1 aliphatic heterocycles. The van der Waals surface area contributed by atoms with Crippen molar-refractivity contribution in [3.05, 3.63) is 65.1 Å². The molecule has 0 saturated carbocycles. The first-order chi connectivity index (χ1) is 17.1. The van der Waals surface area contributed by atoms with Gasteiger partial charge < -0.3 is 15.2 Å². The van der Waals surface area contributed by atoms with E-state index in [0.29, 0.717) is 5.56 Å². The zero-order valence-corrected chi connectivity index (χ0v) is 22.7. The number of nitrogens with zero attached hydrogens (tertiary/aromatic N) is 1. The molecule has 35 heavy (non-hydrogen) atoms. The van der Waals surface area contributed by atoms with Gasteiger partial charge in [-0.25, -0.2) is 0 Å². The van der Waals surface area contributed by atoms with E-state index in [2.05, 4.69) is 42.0 Å². The molecule has 0 radical (unpaired) electrons. The van der Waals surface area contributed by atoms with E-state index >= 15 is 0 Å². The van der Waals surface area contributed by atoms with Gasteiger partial charge in [0, 0.05) is 36.4 Å². The molecule has 1 atom stereocenters. The van der Waals surface area contributed by atoms with Gasteiger partial charge in [-0.1, -0.05) is 37.7 Å². The molecule has 0 aliphatic carbocycles. The Morgan fingerprint density at radius 2 is 1.71 bits per heavy atom. The van der Waals surface area contributed by atoms with Gasteiger partial charge in [-0.3, -0.25) is 10.1 Å². The number of nitrogens with one attached hydrogen (secondary N) is 2. The lowest BCUT2D eigenvalue weighted by atomic mass is 10.2. The maximum Gasteiger partial charge on any atom is 0.150 e. The van der Waals surface area contributed by atoms with Gasteiger partial charge >= 0.3 is 0 Å². The van der Waals surface area contributed by atoms with Crippen molar-refractivity contribution in [1.29, 1.82) is 0 Å². The van der Waals surface area contributed by atoms with Gasteiger partial charge in [-0.05, 0) is 67.3 Å². The second-order valence-electron chi connectivity index (χ2n) is 7.05. The molecule has 194 valence electrons. The van der Waals surface area contributed by atoms with E-state index in [9.17, 15) is 4.79 Å². The third-order valence-electron chi connectivity index (χ3n) is 4.50. The van der Waals surface area contributed by atoms with Gasteiger partial charge in [0.1, 0.15) is 17.5 Å². The molecule has 2 aromatic rings. The number of thioether (sulfide) groups is 1. The van der Waals surface area contributed by atoms with Crippen LogP contribution in [0.5, 0.6) is 5.75 Å². The van der Waals surface area contributed by atoms with E-state index in [1.165, 1.54) is 5.56 Å². The van der Waals surface area contributed by atoms with Crippen LogP contribution in [-0.2, 0) is 9.32 Å². The molecule has 0 amide bonds. The summed E-state index contributed by atoms with van der Waals surface area (Å²) < 4.78 is 10.2. The van der Waals surface area contributed by atoms with Gasteiger partial charge in [0.05, 0.1) is 19.2 Å². The Morgan fingerprint density at radius 1 is 1.09 bits per heavy atom. The Bertz CT molecular complexity index is 845. The van der Waals surface area contributed by atoms with Crippen LogP contribution in [0.25, 0.3) is 5.70 Å². The predicted molar refractivity (Wildman–Crippen MR) is 145 cm³/mol. The standard InChI is InChI=1S/C13H19NO3S.C11H14N2OS.CH4O/c1-3-9-14(10-4-2)16-17-18-13-7-5-12(11-15)6-8-13;1-12-11-13-10(7-15-11)8-3-5-9(14-2)6-4-8;1-2/h5-8,11H,3-4,9-10H2,1-2H3;3-7,11-13H,1-2H3;2H,1H3. The van der Waals surface area contributed by atoms with E-state index in [0.717, 1.165) is 67.7 Å². The van der Waals surface area contributed by atoms with Gasteiger partial charge in [0.25, 0.3) is 0 Å². The monoisotopic (exact) mass is 523 g/mol. The largest absolute Gasteiger partial charge is 0.497 e. The Morgan fingerprint density at radius 3 is 2.20 bits per heavy atom. The highest BCUT2D eigenvalue weighted by molar-refractivity contribution is 8.03. The van der Waals surface area contributed by atoms with Crippen LogP contribution in [0, 0.1) is 0 Å². The van der Waals surface area contributed by atoms with E-state index in [4.69, 9.17) is 19.2 Å². The molecule has 8 nitrogen and oxygen atoms in total. The minimum absolute atomic E-state index is 0.280. The number of aldehydes is 1. The fourth-order valence-corrected chi connectivity index (χ4v) is 4.04. The quantitative estimate of drug-likeness (QED) is 0.154. The van der Waals surface area contributed by atoms with Crippen molar-refractivity contribution in [2.45, 2.75) is 37.1 Å². The number of rotatable bonds is 12. The predicted octanol–water partition coefficient (Wildman–Crippen LogP) is 4.93. The van der Waals surface area contributed by atoms with Crippen molar-refractivity contribution >= 4 is 35.8 Å². The molecular weight excluding hydrogens is 486 g/mol. The molecule has 0 spiro atoms. The molecular formula is C25H37N3O5S2. The maximum absolute atomic E-state index is 10.5. The molecule has 1 unspecified atom stereocenters. The zero-order valence-electron chi connectivity index (χ0n) is 21.0. The first kappa shape index (κ1) is 31.0. The number of hydrogen-bond acceptors (Lipinski definition) is 10. The van der Waals surface area contributed by atoms with Gasteiger partial charge in [-0.2, -0.15) is 5.06 Å². The number of carbonyl (C=O) groups is 1. The van der Waals surface area contributed by atoms with E-state index in [1.807, 2.05) is 31.3 Å². The molecule has 0 fully saturated rings. The lowest BCUT2D eigenvalue weighted by molar-refractivity contribution is -0.359. The lowest BCUT2D eigenvalue weighted by Gasteiger charge is -2.17. The Kier molecular flexibility index (Phi) is 17.0. The Hall–Kier alpha value is -2.05. The Labute approximate surface area is 217 Å². The number of ether oxygens (including phenoxy) is 1. The molecule has 0 aromatic heterocycles. The van der Waals surface area contributed by atoms with Crippen LogP contribution in [0.15, 0.2) is 58.8 Å². The summed E-state index contributed by atoms with van der Waals surface area (Å²) in [5.74, 6) is 0.884. The van der Waals surface area contributed by atoms with E-state index in [-0.39, 0.29) is 5.50 Å². The molecule has 10 heteroatoms. The van der Waals surface area contributed by atoms with Gasteiger partial charge in [0.15, 0.2) is 0 Å². The summed E-state index contributed by atoms with van der Waals surface area (Å²) in [5, 5.41) is 17.5. The van der Waals surface area contributed by atoms with Crippen molar-refractivity contribution in [1.82, 2.24) is 15.7 Å². The summed E-state index contributed by atoms with van der Waals surface area (Å²) in [6, 6.07) is 15.2. The fourth-order valence-electron chi connectivity index (χ4n) is 2.79. The second-order valence-corrected chi connectivity index (χ2v) is 8.80. The summed E-state index contributed by atoms with van der Waals surface area (Å²) in [5.41, 5.74) is 3.27. The molecule has 3 rings (SSSR count). The minimum atomic E-state index is 0.280. The highest BCUT2D eigenvalue weighted by atomic mass is 32.2. The number of hydrogen-bond donors (Lipinski definition) is 3. The number of hydroxylamine groups is 2. The fraction of sp³-hybridized carbons (Fsp3) is 0.400. The normalized spacial score (nSPS) is 14.1. The third kappa shape index (κ3) is 12.0. The van der Waals surface area contributed by atoms with Crippen LogP contribution < -0.4 is 15.4 Å². The van der Waals surface area contributed by atoms with Crippen LogP contribution in [0.4, 0.5) is 0 Å². The first-order valence-corrected chi connectivity index (χ1v) is 13.0. The summed E-state index contributed by atoms with van der Waals surface area (Å²) in [6.45, 7) is 5.88. The average molecular weight is 524 g/mol. The van der Waals surface area contributed by atoms with Crippen LogP contribution >= 0.6 is 23.8 Å². The number of carbonyl (C=O) groups excluding carboxylic acids is 1. The lowest BCUT2D eigenvalue weighted by Crippen LogP contribution is -2.32. The summed E-state index contributed by atoms with van der Waals surface area (Å²) >= 11 is 2.88. The maximum atomic E-state index is 10.5. The van der Waals surface area contributed by atoms with E-state index < -0.39 is 0 Å². The Balaban J connectivity index is 0.000000331. The number of benzene rings is 2. The highest BCUT2D eigenvalue weighted by Crippen LogP contribution is 2.26. The smallest absolute Gasteiger partial charge is 0.150 e. The first-order valence-electron chi connectivity index (χ1n) is 11.3. The van der Waals surface area contributed by atoms with Crippen LogP contribution in [0.1, 0.15) is 42.6 Å². The van der Waals surface area contributed by atoms with Gasteiger partial charge in [0.2, 0.25) is 0 Å². The van der Waals surface area contributed by atoms with Crippen molar-refractivity contribution in [2.75, 3.05) is 34.4 Å². The molecule has 1 heterocycles. The molecule has 2 aromatic carbocycles. The SMILES string of the molecule is CCCN(CCC)OOSc1ccc(C=O)cc1.CNC1NC(c2ccc(OC)cc2)=CS1.CO. The van der Waals surface area contributed by atoms with Crippen molar-refractivity contribution in [2.24, 2.45) is 0 Å². The van der Waals surface area contributed by atoms with Crippen molar-refractivity contribution in [3.8, 4) is 5.75 Å². The number of aliphatic hydroxyl groups excluding tert-OH is 1. The van der Waals surface area contributed by atoms with Crippen LogP contribution in [0.2, 0.25) is 0 Å². The number of methoxy groups -OCH3 is 1. The van der Waals surface area contributed by atoms with Crippen LogP contribution in [0.3, 0.4) is 0 Å². The van der Waals surface area contributed by atoms with Crippen molar-refractivity contribution < 1.29 is 24.0 Å².